The summed E-state index contributed by atoms with van der Waals surface area (Å²) in [7, 11) is 0. The first-order valence-corrected chi connectivity index (χ1v) is 7.03. The monoisotopic (exact) mass is 328 g/mol. The van der Waals surface area contributed by atoms with Crippen molar-refractivity contribution < 1.29 is 9.90 Å². The van der Waals surface area contributed by atoms with Crippen LogP contribution in [0.5, 0.6) is 0 Å². The molecule has 0 fully saturated rings. The van der Waals surface area contributed by atoms with Gasteiger partial charge in [0.25, 0.3) is 0 Å². The van der Waals surface area contributed by atoms with Crippen molar-refractivity contribution in [1.29, 1.82) is 0 Å². The molecule has 0 spiro atoms. The van der Waals surface area contributed by atoms with Crippen molar-refractivity contribution in [2.24, 2.45) is 0 Å². The molecule has 0 aliphatic carbocycles. The van der Waals surface area contributed by atoms with Gasteiger partial charge in [0, 0.05) is 5.02 Å². The van der Waals surface area contributed by atoms with Gasteiger partial charge in [-0.25, -0.2) is 0 Å². The van der Waals surface area contributed by atoms with Gasteiger partial charge in [-0.15, -0.1) is 0 Å². The van der Waals surface area contributed by atoms with Crippen molar-refractivity contribution in [3.63, 3.8) is 0 Å². The van der Waals surface area contributed by atoms with Crippen molar-refractivity contribution in [3.8, 4) is 0 Å². The highest BCUT2D eigenvalue weighted by molar-refractivity contribution is 6.42. The Balaban J connectivity index is 2.30. The first-order chi connectivity index (χ1) is 9.47. The topological polar surface area (TPSA) is 37.3 Å². The number of benzene rings is 2. The molecule has 0 radical (unpaired) electrons. The molecule has 1 unspecified atom stereocenters. The van der Waals surface area contributed by atoms with Crippen LogP contribution in [0.15, 0.2) is 42.5 Å². The summed E-state index contributed by atoms with van der Waals surface area (Å²) < 4.78 is 0. The van der Waals surface area contributed by atoms with Crippen molar-refractivity contribution in [2.75, 3.05) is 0 Å². The Labute approximate surface area is 131 Å². The quantitative estimate of drug-likeness (QED) is 0.851. The standard InChI is InChI=1S/C15H11Cl3O2/c16-11-3-1-2-10(8-11)12(15(19)20)6-9-4-5-13(17)14(18)7-9/h1-5,7-8,12H,6H2,(H,19,20). The van der Waals surface area contributed by atoms with Crippen molar-refractivity contribution >= 4 is 40.8 Å². The predicted octanol–water partition coefficient (Wildman–Crippen LogP) is 5.06. The zero-order chi connectivity index (χ0) is 14.7. The highest BCUT2D eigenvalue weighted by atomic mass is 35.5. The summed E-state index contributed by atoms with van der Waals surface area (Å²) in [4.78, 5) is 11.5. The molecule has 20 heavy (non-hydrogen) atoms. The maximum Gasteiger partial charge on any atom is 0.311 e. The minimum absolute atomic E-state index is 0.326. The van der Waals surface area contributed by atoms with Gasteiger partial charge in [-0.2, -0.15) is 0 Å². The lowest BCUT2D eigenvalue weighted by Crippen LogP contribution is -2.14. The van der Waals surface area contributed by atoms with Gasteiger partial charge in [-0.3, -0.25) is 4.79 Å². The minimum Gasteiger partial charge on any atom is -0.481 e. The molecule has 0 aromatic heterocycles. The lowest BCUT2D eigenvalue weighted by atomic mass is 9.92. The molecule has 0 saturated carbocycles. The van der Waals surface area contributed by atoms with Crippen molar-refractivity contribution in [3.05, 3.63) is 68.7 Å². The molecule has 104 valence electrons. The van der Waals surface area contributed by atoms with Crippen molar-refractivity contribution in [1.82, 2.24) is 0 Å². The molecule has 2 rings (SSSR count). The van der Waals surface area contributed by atoms with E-state index in [1.54, 1.807) is 42.5 Å². The van der Waals surface area contributed by atoms with Crippen LogP contribution in [-0.4, -0.2) is 11.1 Å². The van der Waals surface area contributed by atoms with Gasteiger partial charge >= 0.3 is 5.97 Å². The molecule has 2 nitrogen and oxygen atoms in total. The van der Waals surface area contributed by atoms with Crippen LogP contribution in [-0.2, 0) is 11.2 Å². The highest BCUT2D eigenvalue weighted by Gasteiger charge is 2.20. The lowest BCUT2D eigenvalue weighted by molar-refractivity contribution is -0.138. The summed E-state index contributed by atoms with van der Waals surface area (Å²) in [5.74, 6) is -1.58. The number of halogens is 3. The largest absolute Gasteiger partial charge is 0.481 e. The Bertz CT molecular complexity index is 641. The van der Waals surface area contributed by atoms with Crippen LogP contribution in [0, 0.1) is 0 Å². The summed E-state index contributed by atoms with van der Waals surface area (Å²) >= 11 is 17.7. The fourth-order valence-corrected chi connectivity index (χ4v) is 2.49. The molecule has 0 amide bonds. The second-order valence-electron chi connectivity index (χ2n) is 4.40. The average Bonchev–Trinajstić information content (AvgIpc) is 2.39. The molecule has 0 saturated heterocycles. The summed E-state index contributed by atoms with van der Waals surface area (Å²) in [6, 6.07) is 12.0. The van der Waals surface area contributed by atoms with Gasteiger partial charge in [-0.05, 0) is 41.8 Å². The Morgan fingerprint density at radius 1 is 1.05 bits per heavy atom. The van der Waals surface area contributed by atoms with Gasteiger partial charge in [-0.1, -0.05) is 53.0 Å². The highest BCUT2D eigenvalue weighted by Crippen LogP contribution is 2.28. The number of rotatable bonds is 4. The van der Waals surface area contributed by atoms with Crippen LogP contribution in [0.1, 0.15) is 17.0 Å². The summed E-state index contributed by atoms with van der Waals surface area (Å²) in [5.41, 5.74) is 1.47. The number of aliphatic carboxylic acids is 1. The van der Waals surface area contributed by atoms with Crippen LogP contribution >= 0.6 is 34.8 Å². The van der Waals surface area contributed by atoms with E-state index in [0.717, 1.165) is 5.56 Å². The minimum atomic E-state index is -0.904. The first kappa shape index (κ1) is 15.2. The van der Waals surface area contributed by atoms with Crippen LogP contribution in [0.25, 0.3) is 0 Å². The molecule has 0 aliphatic heterocycles. The lowest BCUT2D eigenvalue weighted by Gasteiger charge is -2.13. The van der Waals surface area contributed by atoms with Crippen LogP contribution in [0.2, 0.25) is 15.1 Å². The number of carboxylic acid groups (broad SMARTS) is 1. The van der Waals surface area contributed by atoms with Crippen LogP contribution < -0.4 is 0 Å². The van der Waals surface area contributed by atoms with Gasteiger partial charge < -0.3 is 5.11 Å². The number of hydrogen-bond acceptors (Lipinski definition) is 1. The molecule has 2 aromatic rings. The molecule has 0 aliphatic rings. The predicted molar refractivity (Wildman–Crippen MR) is 82.0 cm³/mol. The van der Waals surface area contributed by atoms with E-state index >= 15 is 0 Å². The fourth-order valence-electron chi connectivity index (χ4n) is 1.97. The number of carboxylic acids is 1. The van der Waals surface area contributed by atoms with Gasteiger partial charge in [0.2, 0.25) is 0 Å². The second-order valence-corrected chi connectivity index (χ2v) is 5.65. The van der Waals surface area contributed by atoms with E-state index in [0.29, 0.717) is 27.1 Å². The van der Waals surface area contributed by atoms with Gasteiger partial charge in [0.05, 0.1) is 16.0 Å². The Morgan fingerprint density at radius 2 is 1.80 bits per heavy atom. The van der Waals surface area contributed by atoms with E-state index in [4.69, 9.17) is 34.8 Å². The summed E-state index contributed by atoms with van der Waals surface area (Å²) in [6.07, 6.45) is 0.326. The molecule has 1 atom stereocenters. The molecule has 2 aromatic carbocycles. The van der Waals surface area contributed by atoms with E-state index < -0.39 is 11.9 Å². The molecule has 0 heterocycles. The third-order valence-corrected chi connectivity index (χ3v) is 3.95. The zero-order valence-corrected chi connectivity index (χ0v) is 12.6. The average molecular weight is 330 g/mol. The maximum absolute atomic E-state index is 11.5. The smallest absolute Gasteiger partial charge is 0.311 e. The second kappa shape index (κ2) is 6.49. The van der Waals surface area contributed by atoms with Crippen LogP contribution in [0.3, 0.4) is 0 Å². The van der Waals surface area contributed by atoms with Gasteiger partial charge in [0.1, 0.15) is 0 Å². The third-order valence-electron chi connectivity index (χ3n) is 2.97. The number of carbonyl (C=O) groups is 1. The van der Waals surface area contributed by atoms with E-state index in [1.807, 2.05) is 0 Å². The normalized spacial score (nSPS) is 12.2. The summed E-state index contributed by atoms with van der Waals surface area (Å²) in [5, 5.41) is 10.8. The molecule has 0 bridgehead atoms. The van der Waals surface area contributed by atoms with E-state index in [-0.39, 0.29) is 0 Å². The SMILES string of the molecule is O=C(O)C(Cc1ccc(Cl)c(Cl)c1)c1cccc(Cl)c1. The zero-order valence-electron chi connectivity index (χ0n) is 10.3. The van der Waals surface area contributed by atoms with E-state index in [2.05, 4.69) is 0 Å². The Kier molecular flexibility index (Phi) is 4.92. The van der Waals surface area contributed by atoms with E-state index in [9.17, 15) is 9.90 Å². The van der Waals surface area contributed by atoms with E-state index in [1.165, 1.54) is 0 Å². The molecular weight excluding hydrogens is 319 g/mol. The fraction of sp³-hybridized carbons (Fsp3) is 0.133. The third kappa shape index (κ3) is 3.66. The summed E-state index contributed by atoms with van der Waals surface area (Å²) in [6.45, 7) is 0. The Hall–Kier alpha value is -1.22. The molecular formula is C15H11Cl3O2. The van der Waals surface area contributed by atoms with Crippen molar-refractivity contribution in [2.45, 2.75) is 12.3 Å². The Morgan fingerprint density at radius 3 is 2.40 bits per heavy atom. The molecule has 1 N–H and O–H groups in total. The molecule has 5 heteroatoms. The number of hydrogen-bond donors (Lipinski definition) is 1. The van der Waals surface area contributed by atoms with Crippen LogP contribution in [0.4, 0.5) is 0 Å². The van der Waals surface area contributed by atoms with Gasteiger partial charge in [0.15, 0.2) is 0 Å². The first-order valence-electron chi connectivity index (χ1n) is 5.89. The maximum atomic E-state index is 11.5.